The molecule has 0 radical (unpaired) electrons. The lowest BCUT2D eigenvalue weighted by Gasteiger charge is -2.37. The molecule has 1 saturated heterocycles. The van der Waals surface area contributed by atoms with E-state index < -0.39 is 0 Å². The van der Waals surface area contributed by atoms with E-state index in [0.717, 1.165) is 12.5 Å². The Hall–Kier alpha value is -0.0800. The highest BCUT2D eigenvalue weighted by Crippen LogP contribution is 2.32. The van der Waals surface area contributed by atoms with Crippen molar-refractivity contribution in [1.82, 2.24) is 10.6 Å². The van der Waals surface area contributed by atoms with Crippen LogP contribution in [0.15, 0.2) is 0 Å². The van der Waals surface area contributed by atoms with E-state index >= 15 is 0 Å². The van der Waals surface area contributed by atoms with Crippen molar-refractivity contribution in [2.75, 3.05) is 26.7 Å². The molecule has 2 nitrogen and oxygen atoms in total. The Bertz CT molecular complexity index is 126. The summed E-state index contributed by atoms with van der Waals surface area (Å²) in [6.45, 7) is 8.30. The van der Waals surface area contributed by atoms with Crippen LogP contribution in [0, 0.1) is 11.3 Å². The van der Waals surface area contributed by atoms with E-state index in [1.54, 1.807) is 0 Å². The van der Waals surface area contributed by atoms with Crippen LogP contribution < -0.4 is 10.6 Å². The summed E-state index contributed by atoms with van der Waals surface area (Å²) in [7, 11) is 2.04. The fraction of sp³-hybridized carbons (Fsp3) is 1.00. The van der Waals surface area contributed by atoms with Crippen molar-refractivity contribution in [3.8, 4) is 0 Å². The molecule has 0 unspecified atom stereocenters. The van der Waals surface area contributed by atoms with Gasteiger partial charge in [0.1, 0.15) is 0 Å². The van der Waals surface area contributed by atoms with Gasteiger partial charge in [-0.3, -0.25) is 0 Å². The average Bonchev–Trinajstić information content (AvgIpc) is 2.06. The molecule has 0 aromatic carbocycles. The van der Waals surface area contributed by atoms with Gasteiger partial charge >= 0.3 is 0 Å². The second-order valence-electron chi connectivity index (χ2n) is 4.54. The molecule has 12 heavy (non-hydrogen) atoms. The average molecular weight is 170 g/mol. The molecule has 0 aromatic rings. The minimum atomic E-state index is 0.469. The lowest BCUT2D eigenvalue weighted by Crippen LogP contribution is -2.40. The van der Waals surface area contributed by atoms with Gasteiger partial charge in [-0.05, 0) is 44.3 Å². The minimum Gasteiger partial charge on any atom is -0.319 e. The zero-order chi connectivity index (χ0) is 9.03. The molecule has 0 saturated carbocycles. The molecule has 0 spiro atoms. The quantitative estimate of drug-likeness (QED) is 0.666. The number of rotatable bonds is 3. The van der Waals surface area contributed by atoms with Crippen LogP contribution in [-0.2, 0) is 0 Å². The Morgan fingerprint density at radius 3 is 2.42 bits per heavy atom. The molecule has 0 atom stereocenters. The molecular weight excluding hydrogens is 148 g/mol. The summed E-state index contributed by atoms with van der Waals surface area (Å²) in [6, 6.07) is 0. The topological polar surface area (TPSA) is 24.1 Å². The third-order valence-corrected chi connectivity index (χ3v) is 3.08. The van der Waals surface area contributed by atoms with Gasteiger partial charge in [-0.1, -0.05) is 13.8 Å². The number of piperidine rings is 1. The summed E-state index contributed by atoms with van der Waals surface area (Å²) < 4.78 is 0. The molecule has 0 amide bonds. The van der Waals surface area contributed by atoms with Crippen molar-refractivity contribution in [3.05, 3.63) is 0 Å². The van der Waals surface area contributed by atoms with Crippen molar-refractivity contribution in [3.63, 3.8) is 0 Å². The predicted molar refractivity (Wildman–Crippen MR) is 53.3 cm³/mol. The SMILES string of the molecule is CNCC(C)(C)C1CCNCC1. The molecule has 1 aliphatic rings. The van der Waals surface area contributed by atoms with Crippen LogP contribution in [0.4, 0.5) is 0 Å². The Morgan fingerprint density at radius 2 is 1.92 bits per heavy atom. The third-order valence-electron chi connectivity index (χ3n) is 3.08. The van der Waals surface area contributed by atoms with Gasteiger partial charge in [-0.25, -0.2) is 0 Å². The fourth-order valence-electron chi connectivity index (χ4n) is 2.20. The number of hydrogen-bond donors (Lipinski definition) is 2. The first-order valence-corrected chi connectivity index (χ1v) is 5.02. The second kappa shape index (κ2) is 4.24. The molecule has 1 heterocycles. The zero-order valence-electron chi connectivity index (χ0n) is 8.61. The maximum atomic E-state index is 3.41. The molecular formula is C10H22N2. The lowest BCUT2D eigenvalue weighted by atomic mass is 9.74. The smallest absolute Gasteiger partial charge is 0.000218 e. The third kappa shape index (κ3) is 2.46. The number of nitrogens with one attached hydrogen (secondary N) is 2. The molecule has 0 aromatic heterocycles. The monoisotopic (exact) mass is 170 g/mol. The molecule has 0 aliphatic carbocycles. The minimum absolute atomic E-state index is 0.469. The highest BCUT2D eigenvalue weighted by molar-refractivity contribution is 4.83. The van der Waals surface area contributed by atoms with Crippen LogP contribution in [0.1, 0.15) is 26.7 Å². The van der Waals surface area contributed by atoms with Gasteiger partial charge in [0, 0.05) is 6.54 Å². The van der Waals surface area contributed by atoms with E-state index in [4.69, 9.17) is 0 Å². The summed E-state index contributed by atoms with van der Waals surface area (Å²) in [5.74, 6) is 0.895. The highest BCUT2D eigenvalue weighted by Gasteiger charge is 2.29. The van der Waals surface area contributed by atoms with Crippen molar-refractivity contribution < 1.29 is 0 Å². The van der Waals surface area contributed by atoms with Crippen LogP contribution in [0.25, 0.3) is 0 Å². The summed E-state index contributed by atoms with van der Waals surface area (Å²) in [5.41, 5.74) is 0.469. The molecule has 2 heteroatoms. The molecule has 1 fully saturated rings. The van der Waals surface area contributed by atoms with Gasteiger partial charge in [0.2, 0.25) is 0 Å². The first-order chi connectivity index (χ1) is 5.67. The largest absolute Gasteiger partial charge is 0.319 e. The lowest BCUT2D eigenvalue weighted by molar-refractivity contribution is 0.165. The van der Waals surface area contributed by atoms with E-state index in [1.165, 1.54) is 25.9 Å². The fourth-order valence-corrected chi connectivity index (χ4v) is 2.20. The molecule has 72 valence electrons. The van der Waals surface area contributed by atoms with Gasteiger partial charge in [-0.15, -0.1) is 0 Å². The van der Waals surface area contributed by atoms with Gasteiger partial charge in [-0.2, -0.15) is 0 Å². The van der Waals surface area contributed by atoms with Crippen molar-refractivity contribution in [2.24, 2.45) is 11.3 Å². The van der Waals surface area contributed by atoms with Crippen molar-refractivity contribution in [1.29, 1.82) is 0 Å². The Kier molecular flexibility index (Phi) is 3.53. The molecule has 2 N–H and O–H groups in total. The van der Waals surface area contributed by atoms with E-state index in [0.29, 0.717) is 5.41 Å². The van der Waals surface area contributed by atoms with Crippen molar-refractivity contribution in [2.45, 2.75) is 26.7 Å². The standard InChI is InChI=1S/C10H22N2/c1-10(2,8-11-3)9-4-6-12-7-5-9/h9,11-12H,4-8H2,1-3H3. The summed E-state index contributed by atoms with van der Waals surface area (Å²) in [4.78, 5) is 0. The van der Waals surface area contributed by atoms with Gasteiger partial charge in [0.25, 0.3) is 0 Å². The normalized spacial score (nSPS) is 21.2. The highest BCUT2D eigenvalue weighted by atomic mass is 14.9. The van der Waals surface area contributed by atoms with Crippen LogP contribution >= 0.6 is 0 Å². The van der Waals surface area contributed by atoms with Gasteiger partial charge in [0.15, 0.2) is 0 Å². The summed E-state index contributed by atoms with van der Waals surface area (Å²) >= 11 is 0. The summed E-state index contributed by atoms with van der Waals surface area (Å²) in [6.07, 6.45) is 2.68. The number of hydrogen-bond acceptors (Lipinski definition) is 2. The van der Waals surface area contributed by atoms with Crippen LogP contribution in [-0.4, -0.2) is 26.7 Å². The molecule has 0 bridgehead atoms. The maximum absolute atomic E-state index is 3.41. The Morgan fingerprint density at radius 1 is 1.33 bits per heavy atom. The Labute approximate surface area is 76.1 Å². The van der Waals surface area contributed by atoms with E-state index in [-0.39, 0.29) is 0 Å². The summed E-state index contributed by atoms with van der Waals surface area (Å²) in [5, 5.41) is 6.69. The molecule has 1 rings (SSSR count). The molecule has 1 aliphatic heterocycles. The predicted octanol–water partition coefficient (Wildman–Crippen LogP) is 1.23. The first kappa shape index (κ1) is 10.0. The van der Waals surface area contributed by atoms with Crippen LogP contribution in [0.3, 0.4) is 0 Å². The van der Waals surface area contributed by atoms with E-state index in [2.05, 4.69) is 24.5 Å². The van der Waals surface area contributed by atoms with Crippen LogP contribution in [0.2, 0.25) is 0 Å². The Balaban J connectivity index is 2.41. The first-order valence-electron chi connectivity index (χ1n) is 5.02. The van der Waals surface area contributed by atoms with Gasteiger partial charge < -0.3 is 10.6 Å². The maximum Gasteiger partial charge on any atom is 0.000218 e. The van der Waals surface area contributed by atoms with Crippen molar-refractivity contribution >= 4 is 0 Å². The van der Waals surface area contributed by atoms with Crippen LogP contribution in [0.5, 0.6) is 0 Å². The van der Waals surface area contributed by atoms with E-state index in [1.807, 2.05) is 7.05 Å². The second-order valence-corrected chi connectivity index (χ2v) is 4.54. The van der Waals surface area contributed by atoms with E-state index in [9.17, 15) is 0 Å². The zero-order valence-corrected chi connectivity index (χ0v) is 8.61. The van der Waals surface area contributed by atoms with Gasteiger partial charge in [0.05, 0.1) is 0 Å².